The summed E-state index contributed by atoms with van der Waals surface area (Å²) in [5.74, 6) is -0.219. The van der Waals surface area contributed by atoms with E-state index in [4.69, 9.17) is 0 Å². The van der Waals surface area contributed by atoms with E-state index in [1.807, 2.05) is 28.8 Å². The summed E-state index contributed by atoms with van der Waals surface area (Å²) in [6.45, 7) is 0.214. The van der Waals surface area contributed by atoms with Crippen LogP contribution >= 0.6 is 27.7 Å². The van der Waals surface area contributed by atoms with Crippen LogP contribution in [0.2, 0.25) is 0 Å². The van der Waals surface area contributed by atoms with Crippen LogP contribution in [0.15, 0.2) is 52.2 Å². The predicted octanol–water partition coefficient (Wildman–Crippen LogP) is 3.38. The van der Waals surface area contributed by atoms with Crippen LogP contribution in [0, 0.1) is 5.82 Å². The highest BCUT2D eigenvalue weighted by Gasteiger charge is 2.14. The van der Waals surface area contributed by atoms with E-state index < -0.39 is 0 Å². The topological polar surface area (TPSA) is 50.5 Å². The van der Waals surface area contributed by atoms with Crippen LogP contribution in [0.3, 0.4) is 0 Å². The maximum Gasteiger partial charge on any atom is 0.233 e. The van der Waals surface area contributed by atoms with Crippen LogP contribution in [-0.4, -0.2) is 38.2 Å². The number of aromatic nitrogens is 3. The summed E-state index contributed by atoms with van der Waals surface area (Å²) in [5, 5.41) is 8.77. The zero-order chi connectivity index (χ0) is 17.1. The van der Waals surface area contributed by atoms with E-state index in [-0.39, 0.29) is 24.0 Å². The second-order valence-electron chi connectivity index (χ2n) is 5.19. The number of amides is 1. The molecule has 1 amide bonds. The number of hydrogen-bond donors (Lipinski definition) is 0. The first-order chi connectivity index (χ1) is 11.5. The Hall–Kier alpha value is -1.93. The molecular weight excluding hydrogens is 395 g/mol. The summed E-state index contributed by atoms with van der Waals surface area (Å²) >= 11 is 4.62. The van der Waals surface area contributed by atoms with Crippen LogP contribution in [0.1, 0.15) is 5.56 Å². The molecule has 24 heavy (non-hydrogen) atoms. The average Bonchev–Trinajstić information content (AvgIpc) is 2.99. The smallest absolute Gasteiger partial charge is 0.233 e. The SMILES string of the molecule is CN(Cc1cc(Br)ccc1F)C(=O)CSc1nnc2ccccn12. The molecule has 0 aliphatic rings. The van der Waals surface area contributed by atoms with E-state index in [1.165, 1.54) is 22.7 Å². The summed E-state index contributed by atoms with van der Waals surface area (Å²) in [6, 6.07) is 10.3. The number of hydrogen-bond acceptors (Lipinski definition) is 4. The number of pyridine rings is 1. The molecule has 0 aliphatic carbocycles. The Kier molecular flexibility index (Phi) is 5.15. The van der Waals surface area contributed by atoms with Crippen molar-refractivity contribution in [1.29, 1.82) is 0 Å². The highest BCUT2D eigenvalue weighted by Crippen LogP contribution is 2.19. The van der Waals surface area contributed by atoms with Gasteiger partial charge in [-0.05, 0) is 30.3 Å². The van der Waals surface area contributed by atoms with Gasteiger partial charge in [0.2, 0.25) is 5.91 Å². The van der Waals surface area contributed by atoms with Gasteiger partial charge in [0.15, 0.2) is 10.8 Å². The fourth-order valence-electron chi connectivity index (χ4n) is 2.16. The fourth-order valence-corrected chi connectivity index (χ4v) is 3.44. The van der Waals surface area contributed by atoms with E-state index in [0.29, 0.717) is 10.7 Å². The Bertz CT molecular complexity index is 885. The average molecular weight is 409 g/mol. The summed E-state index contributed by atoms with van der Waals surface area (Å²) in [7, 11) is 1.66. The molecule has 3 rings (SSSR count). The molecule has 2 heterocycles. The second-order valence-corrected chi connectivity index (χ2v) is 7.04. The number of rotatable bonds is 5. The van der Waals surface area contributed by atoms with Gasteiger partial charge in [-0.2, -0.15) is 0 Å². The number of carbonyl (C=O) groups excluding carboxylic acids is 1. The Morgan fingerprint density at radius 1 is 1.33 bits per heavy atom. The molecule has 0 aliphatic heterocycles. The van der Waals surface area contributed by atoms with E-state index in [0.717, 1.165) is 10.1 Å². The molecule has 0 saturated carbocycles. The molecule has 0 fully saturated rings. The number of thioether (sulfide) groups is 1. The van der Waals surface area contributed by atoms with Crippen molar-refractivity contribution in [3.8, 4) is 0 Å². The van der Waals surface area contributed by atoms with Gasteiger partial charge in [-0.15, -0.1) is 10.2 Å². The van der Waals surface area contributed by atoms with Gasteiger partial charge < -0.3 is 4.90 Å². The lowest BCUT2D eigenvalue weighted by Gasteiger charge is -2.17. The van der Waals surface area contributed by atoms with Crippen LogP contribution in [0.4, 0.5) is 4.39 Å². The van der Waals surface area contributed by atoms with Crippen LogP contribution in [0.25, 0.3) is 5.65 Å². The molecule has 0 radical (unpaired) electrons. The minimum atomic E-state index is -0.325. The van der Waals surface area contributed by atoms with Crippen molar-refractivity contribution < 1.29 is 9.18 Å². The molecule has 0 spiro atoms. The first-order valence-corrected chi connectivity index (χ1v) is 8.93. The third-order valence-corrected chi connectivity index (χ3v) is 4.87. The number of fused-ring (bicyclic) bond motifs is 1. The Morgan fingerprint density at radius 3 is 3.00 bits per heavy atom. The first-order valence-electron chi connectivity index (χ1n) is 7.15. The van der Waals surface area contributed by atoms with Gasteiger partial charge in [-0.3, -0.25) is 9.20 Å². The number of benzene rings is 1. The lowest BCUT2D eigenvalue weighted by molar-refractivity contribution is -0.127. The van der Waals surface area contributed by atoms with Crippen molar-refractivity contribution >= 4 is 39.2 Å². The van der Waals surface area contributed by atoms with Crippen molar-refractivity contribution in [2.75, 3.05) is 12.8 Å². The zero-order valence-corrected chi connectivity index (χ0v) is 15.2. The molecule has 5 nitrogen and oxygen atoms in total. The standard InChI is InChI=1S/C16H14BrFN4OS/c1-21(9-11-8-12(17)5-6-13(11)18)15(23)10-24-16-20-19-14-4-2-3-7-22(14)16/h2-8H,9-10H2,1H3. The molecule has 8 heteroatoms. The molecule has 0 atom stereocenters. The Labute approximate surface area is 151 Å². The van der Waals surface area contributed by atoms with E-state index in [9.17, 15) is 9.18 Å². The summed E-state index contributed by atoms with van der Waals surface area (Å²) in [6.07, 6.45) is 1.85. The lowest BCUT2D eigenvalue weighted by Crippen LogP contribution is -2.28. The summed E-state index contributed by atoms with van der Waals surface area (Å²) in [4.78, 5) is 13.8. The van der Waals surface area contributed by atoms with Crippen molar-refractivity contribution in [1.82, 2.24) is 19.5 Å². The van der Waals surface area contributed by atoms with Gasteiger partial charge in [0, 0.05) is 29.8 Å². The van der Waals surface area contributed by atoms with Gasteiger partial charge in [0.1, 0.15) is 5.82 Å². The van der Waals surface area contributed by atoms with Crippen molar-refractivity contribution in [2.45, 2.75) is 11.7 Å². The first kappa shape index (κ1) is 16.9. The highest BCUT2D eigenvalue weighted by molar-refractivity contribution is 9.10. The predicted molar refractivity (Wildman–Crippen MR) is 94.3 cm³/mol. The summed E-state index contributed by atoms with van der Waals surface area (Å²) in [5.41, 5.74) is 1.20. The number of nitrogens with zero attached hydrogens (tertiary/aromatic N) is 4. The maximum absolute atomic E-state index is 13.8. The molecule has 0 unspecified atom stereocenters. The molecule has 3 aromatic rings. The van der Waals surface area contributed by atoms with Gasteiger partial charge in [-0.25, -0.2) is 4.39 Å². The molecular formula is C16H14BrFN4OS. The number of carbonyl (C=O) groups is 1. The minimum absolute atomic E-state index is 0.105. The van der Waals surface area contributed by atoms with E-state index >= 15 is 0 Å². The number of halogens is 2. The van der Waals surface area contributed by atoms with Gasteiger partial charge in [-0.1, -0.05) is 33.8 Å². The lowest BCUT2D eigenvalue weighted by atomic mass is 10.2. The monoisotopic (exact) mass is 408 g/mol. The third-order valence-electron chi connectivity index (χ3n) is 3.45. The van der Waals surface area contributed by atoms with E-state index in [1.54, 1.807) is 19.2 Å². The molecule has 2 aromatic heterocycles. The molecule has 0 bridgehead atoms. The minimum Gasteiger partial charge on any atom is -0.341 e. The third kappa shape index (κ3) is 3.76. The van der Waals surface area contributed by atoms with Gasteiger partial charge in [0.25, 0.3) is 0 Å². The Balaban J connectivity index is 1.63. The zero-order valence-electron chi connectivity index (χ0n) is 12.8. The molecule has 124 valence electrons. The van der Waals surface area contributed by atoms with Crippen LogP contribution < -0.4 is 0 Å². The maximum atomic E-state index is 13.8. The van der Waals surface area contributed by atoms with Crippen LogP contribution in [-0.2, 0) is 11.3 Å². The van der Waals surface area contributed by atoms with Crippen molar-refractivity contribution in [3.05, 3.63) is 58.4 Å². The normalized spacial score (nSPS) is 11.0. The van der Waals surface area contributed by atoms with E-state index in [2.05, 4.69) is 26.1 Å². The quantitative estimate of drug-likeness (QED) is 0.607. The molecule has 0 saturated heterocycles. The summed E-state index contributed by atoms with van der Waals surface area (Å²) < 4.78 is 16.4. The van der Waals surface area contributed by atoms with Gasteiger partial charge in [0.05, 0.1) is 5.75 Å². The molecule has 0 N–H and O–H groups in total. The van der Waals surface area contributed by atoms with Gasteiger partial charge >= 0.3 is 0 Å². The molecule has 1 aromatic carbocycles. The van der Waals surface area contributed by atoms with Crippen LogP contribution in [0.5, 0.6) is 0 Å². The Morgan fingerprint density at radius 2 is 2.17 bits per heavy atom. The fraction of sp³-hybridized carbons (Fsp3) is 0.188. The van der Waals surface area contributed by atoms with Crippen molar-refractivity contribution in [2.24, 2.45) is 0 Å². The van der Waals surface area contributed by atoms with Crippen molar-refractivity contribution in [3.63, 3.8) is 0 Å². The highest BCUT2D eigenvalue weighted by atomic mass is 79.9. The second kappa shape index (κ2) is 7.31. The largest absolute Gasteiger partial charge is 0.341 e.